The van der Waals surface area contributed by atoms with E-state index in [-0.39, 0.29) is 98.9 Å². The number of benzene rings is 2. The van der Waals surface area contributed by atoms with Gasteiger partial charge in [0.1, 0.15) is 47.7 Å². The largest absolute Gasteiger partial charge is 0.459 e. The highest BCUT2D eigenvalue weighted by Crippen LogP contribution is 2.39. The van der Waals surface area contributed by atoms with Gasteiger partial charge in [-0.15, -0.1) is 0 Å². The lowest BCUT2D eigenvalue weighted by atomic mass is 9.80. The number of aromatic nitrogens is 7. The predicted molar refractivity (Wildman–Crippen MR) is 506 cm³/mol. The summed E-state index contributed by atoms with van der Waals surface area (Å²) >= 11 is 0. The number of amides is 5. The molecule has 1 saturated carbocycles. The Labute approximate surface area is 789 Å². The summed E-state index contributed by atoms with van der Waals surface area (Å²) in [6.45, 7) is 23.4. The summed E-state index contributed by atoms with van der Waals surface area (Å²) in [6, 6.07) is 9.73. The molecular weight excluding hydrogens is 1740 g/mol. The van der Waals surface area contributed by atoms with Crippen LogP contribution in [0.4, 0.5) is 17.8 Å². The average Bonchev–Trinajstić information content (AvgIpc) is 1.34. The molecule has 135 heavy (non-hydrogen) atoms. The maximum atomic E-state index is 14.7. The Morgan fingerprint density at radius 1 is 0.793 bits per heavy atom. The predicted octanol–water partition coefficient (Wildman–Crippen LogP) is 5.43. The first-order chi connectivity index (χ1) is 64.7. The van der Waals surface area contributed by atoms with Gasteiger partial charge in [0.15, 0.2) is 17.8 Å². The second-order valence-electron chi connectivity index (χ2n) is 37.6. The quantitative estimate of drug-likeness (QED) is 0.00438. The summed E-state index contributed by atoms with van der Waals surface area (Å²) in [5, 5.41) is 71.2. The fourth-order valence-corrected chi connectivity index (χ4v) is 19.0. The topological polar surface area (TPSA) is 497 Å². The number of ether oxygens (including phenoxy) is 5. The molecule has 736 valence electrons. The number of nitrogens with two attached hydrogens (primary N) is 3. The number of esters is 1. The minimum absolute atomic E-state index is 0.0130. The summed E-state index contributed by atoms with van der Waals surface area (Å²) in [5.41, 5.74) is 27.4. The van der Waals surface area contributed by atoms with Gasteiger partial charge in [-0.05, 0) is 149 Å². The molecule has 4 aromatic heterocycles. The van der Waals surface area contributed by atoms with Crippen molar-refractivity contribution in [2.24, 2.45) is 40.5 Å². The molecule has 4 saturated heterocycles. The van der Waals surface area contributed by atoms with Crippen LogP contribution in [0.2, 0.25) is 0 Å². The Balaban J connectivity index is 0.539. The van der Waals surface area contributed by atoms with Crippen LogP contribution >= 0.6 is 0 Å². The molecule has 5 amide bonds. The van der Waals surface area contributed by atoms with Gasteiger partial charge in [0.05, 0.1) is 80.9 Å². The van der Waals surface area contributed by atoms with Gasteiger partial charge < -0.3 is 105 Å². The standard InChI is InChI=1S/C97H139N19O19/c1-12-13-14-17-60(4)78(129-10)48-71-24-19-64(8)97(128,135-71)90(125)93(126)115-29-16-15-18-74(115)94(127)133-79(72(98)45-65-21-25-75(117)80(46-65)130-11)49-76(118)61(5)43-63(7)88(123)89(124)86(62(6)42-59(2)3)108-132-57-81(119)101-50-67-51-102-96(103-52-67)113-37-35-111(36-38-113)82(120)28-40-131-41-39-110-31-33-112(34-32-110)83(121)55-109(9)56-84(122)114-30-27-68-44-66(20-22-70(68)54-114)53-116-92-85(91(99)104-58-105-92)87(107-116)69-23-26-77-73(47-69)106-95(100)134-77/h12-14,17,20,22-23,26,43-44,47,51-52,58-59,61-62,64-65,71-72,74-76,78-80,88-89,117-118,123-124,128H,1,15-16,18-19,21,24-25,27-42,45-46,48-50,53-57,98H2,2-11H3,(H2,100,106)(H,101,119)(H2,99,104,105)/b14-13+,60-17+,63-43+,108-86+/t61-,62-,64-,65+,71+,72-,74+,75-,76-,78+,79+,80-,88-,89+,97-/m1/s1. The summed E-state index contributed by atoms with van der Waals surface area (Å²) < 4.78 is 37.1. The van der Waals surface area contributed by atoms with Crippen LogP contribution in [0.5, 0.6) is 0 Å². The van der Waals surface area contributed by atoms with Crippen LogP contribution in [-0.4, -0.2) is 330 Å². The third kappa shape index (κ3) is 27.2. The molecule has 5 fully saturated rings. The van der Waals surface area contributed by atoms with Crippen molar-refractivity contribution >= 4 is 86.9 Å². The summed E-state index contributed by atoms with van der Waals surface area (Å²) in [4.78, 5) is 138. The molecule has 0 unspecified atom stereocenters. The number of oxime groups is 1. The SMILES string of the molecule is C=C/C=C/C=C(\C)[C@H](C[C@@H]1CC[C@@H](C)[C@](O)(C(=O)C(=O)N2CCCC[C@H]2C(=O)O[C@@H](C[C@@H](O)[C@H](C)/C=C(\C)[C@@H](O)[C@@H](O)/C(=N/OCC(=O)NCc2cnc(N3CCN(C(=O)CCOCCN4CCN(C(=O)CN(C)CC(=O)N5CCc6cc(Cn7nc(-c8ccc9oc(N)nc9c8)c8c(N)ncnc87)ccc6C5)CC4)CC3)nc2)[C@H](C)CC(C)C)[C@H](N)C[C@@H]2CC[C@@H](O)[C@H](OC)C2)O1)OC. The van der Waals surface area contributed by atoms with Gasteiger partial charge in [0.2, 0.25) is 29.5 Å². The van der Waals surface area contributed by atoms with Crippen LogP contribution in [0.1, 0.15) is 154 Å². The van der Waals surface area contributed by atoms with Crippen LogP contribution in [0.15, 0.2) is 113 Å². The van der Waals surface area contributed by atoms with E-state index < -0.39 is 115 Å². The lowest BCUT2D eigenvalue weighted by Gasteiger charge is -2.42. The molecule has 1 aliphatic carbocycles. The summed E-state index contributed by atoms with van der Waals surface area (Å²) in [5.74, 6) is -7.32. The van der Waals surface area contributed by atoms with E-state index in [1.54, 1.807) is 76.5 Å². The Kier molecular flexibility index (Phi) is 37.0. The van der Waals surface area contributed by atoms with Crippen molar-refractivity contribution in [3.8, 4) is 11.3 Å². The number of fused-ring (bicyclic) bond motifs is 3. The number of methoxy groups -OCH3 is 2. The number of likely N-dealkylation sites (N-methyl/N-ethyl adjacent to an activating group) is 1. The van der Waals surface area contributed by atoms with Crippen molar-refractivity contribution in [1.82, 2.24) is 69.4 Å². The minimum atomic E-state index is -2.50. The zero-order valence-corrected chi connectivity index (χ0v) is 79.7. The van der Waals surface area contributed by atoms with Crippen molar-refractivity contribution in [3.05, 3.63) is 125 Å². The van der Waals surface area contributed by atoms with E-state index in [0.717, 1.165) is 32.7 Å². The number of carbonyl (C=O) groups excluding carboxylic acids is 7. The van der Waals surface area contributed by atoms with Crippen molar-refractivity contribution in [2.45, 2.75) is 225 Å². The molecule has 6 aliphatic rings. The third-order valence-corrected chi connectivity index (χ3v) is 27.1. The van der Waals surface area contributed by atoms with Gasteiger partial charge in [0, 0.05) is 159 Å². The highest BCUT2D eigenvalue weighted by molar-refractivity contribution is 6.39. The average molecular weight is 1880 g/mol. The van der Waals surface area contributed by atoms with E-state index in [1.165, 1.54) is 13.4 Å². The van der Waals surface area contributed by atoms with Crippen molar-refractivity contribution in [2.75, 3.05) is 143 Å². The smallest absolute Gasteiger partial charge is 0.329 e. The first-order valence-corrected chi connectivity index (χ1v) is 47.4. The Morgan fingerprint density at radius 2 is 1.53 bits per heavy atom. The fraction of sp³-hybridized carbons (Fsp3) is 0.608. The molecule has 9 heterocycles. The molecule has 0 radical (unpaired) electrons. The number of anilines is 3. The number of nitrogen functional groups attached to an aromatic ring is 2. The van der Waals surface area contributed by atoms with Crippen LogP contribution in [0, 0.1) is 29.6 Å². The Bertz CT molecular complexity index is 5170. The van der Waals surface area contributed by atoms with E-state index in [0.29, 0.717) is 201 Å². The maximum absolute atomic E-state index is 14.7. The zero-order chi connectivity index (χ0) is 96.9. The molecule has 15 atom stereocenters. The molecule has 6 aromatic rings. The van der Waals surface area contributed by atoms with E-state index in [4.69, 9.17) is 55.2 Å². The lowest BCUT2D eigenvalue weighted by Crippen LogP contribution is -2.61. The first-order valence-electron chi connectivity index (χ1n) is 47.4. The second kappa shape index (κ2) is 48.4. The van der Waals surface area contributed by atoms with E-state index in [1.807, 2.05) is 82.3 Å². The highest BCUT2D eigenvalue weighted by Gasteiger charge is 2.53. The number of aliphatic hydroxyl groups is 5. The summed E-state index contributed by atoms with van der Waals surface area (Å²) in [6.07, 6.45) is 11.0. The number of hydrogen-bond donors (Lipinski definition) is 9. The lowest BCUT2D eigenvalue weighted by molar-refractivity contribution is -0.265. The normalized spacial score (nSPS) is 22.6. The number of likely N-dealkylation sites (tertiary alicyclic amines) is 1. The first kappa shape index (κ1) is 103. The molecule has 38 heteroatoms. The van der Waals surface area contributed by atoms with Gasteiger partial charge >= 0.3 is 5.97 Å². The minimum Gasteiger partial charge on any atom is -0.459 e. The van der Waals surface area contributed by atoms with Gasteiger partial charge in [-0.3, -0.25) is 38.6 Å². The number of rotatable bonds is 43. The third-order valence-electron chi connectivity index (χ3n) is 27.1. The van der Waals surface area contributed by atoms with Gasteiger partial charge in [-0.2, -0.15) is 10.1 Å². The number of oxazole rings is 1. The molecule has 0 bridgehead atoms. The number of hydrogen-bond acceptors (Lipinski definition) is 32. The Morgan fingerprint density at radius 3 is 2.25 bits per heavy atom. The number of aliphatic hydroxyl groups excluding tert-OH is 4. The van der Waals surface area contributed by atoms with Crippen LogP contribution < -0.4 is 27.4 Å². The number of nitrogens with zero attached hydrogens (tertiary/aromatic N) is 15. The Hall–Kier alpha value is -10.6. The van der Waals surface area contributed by atoms with Gasteiger partial charge in [0.25, 0.3) is 23.6 Å². The number of carbonyl (C=O) groups is 7. The zero-order valence-electron chi connectivity index (χ0n) is 79.7. The summed E-state index contributed by atoms with van der Waals surface area (Å²) in [7, 11) is 4.88. The van der Waals surface area contributed by atoms with Crippen LogP contribution in [0.25, 0.3) is 33.4 Å². The number of Topliss-reactive ketones (excluding diaryl/α,β-unsaturated/α-hetero) is 1. The number of allylic oxidation sites excluding steroid dienone is 4. The number of nitrogens with one attached hydrogen (secondary N) is 1. The molecule has 38 nitrogen and oxygen atoms in total. The monoisotopic (exact) mass is 1870 g/mol. The van der Waals surface area contributed by atoms with E-state index in [9.17, 15) is 59.1 Å². The van der Waals surface area contributed by atoms with E-state index in [2.05, 4.69) is 59.0 Å². The maximum Gasteiger partial charge on any atom is 0.329 e. The highest BCUT2D eigenvalue weighted by atomic mass is 16.6. The fourth-order valence-electron chi connectivity index (χ4n) is 19.0. The van der Waals surface area contributed by atoms with Crippen LogP contribution in [-0.2, 0) is 88.1 Å². The molecule has 0 spiro atoms. The second-order valence-corrected chi connectivity index (χ2v) is 37.6. The van der Waals surface area contributed by atoms with E-state index >= 15 is 0 Å². The molecule has 2 aromatic carbocycles. The molecule has 12 rings (SSSR count). The van der Waals surface area contributed by atoms with Gasteiger partial charge in [-0.25, -0.2) is 29.4 Å². The molecule has 5 aliphatic heterocycles. The number of piperidine rings is 1. The van der Waals surface area contributed by atoms with Crippen molar-refractivity contribution < 1.29 is 92.0 Å². The van der Waals surface area contributed by atoms with Crippen molar-refractivity contribution in [3.63, 3.8) is 0 Å². The molecular formula is C97H139N19O19. The molecule has 12 N–H and O–H groups in total. The van der Waals surface area contributed by atoms with Crippen LogP contribution in [0.3, 0.4) is 0 Å². The van der Waals surface area contributed by atoms with Gasteiger partial charge in [-0.1, -0.05) is 94.9 Å². The number of piperazine rings is 2. The van der Waals surface area contributed by atoms with Crippen molar-refractivity contribution in [1.29, 1.82) is 0 Å². The number of ketones is 1.